The van der Waals surface area contributed by atoms with Gasteiger partial charge in [-0.2, -0.15) is 10.1 Å². The van der Waals surface area contributed by atoms with Gasteiger partial charge in [0.1, 0.15) is 18.2 Å². The van der Waals surface area contributed by atoms with Crippen LogP contribution in [0.25, 0.3) is 0 Å². The summed E-state index contributed by atoms with van der Waals surface area (Å²) in [7, 11) is 0. The number of pyridine rings is 1. The van der Waals surface area contributed by atoms with Gasteiger partial charge in [0.2, 0.25) is 12.7 Å². The first-order chi connectivity index (χ1) is 13.7. The Labute approximate surface area is 160 Å². The standard InChI is InChI=1S/C19H16N6O3/c1-11-16(18(26)24-15-4-2-3-7-20-15)17(25-19(23-11)21-9-22-25)12-5-6-13-14(8-12)28-10-27-13/h2-9,17H,10H2,1H3,(H,20,24,26)(H,21,22,23)/t17-/m0/s1. The molecule has 9 nitrogen and oxygen atoms in total. The van der Waals surface area contributed by atoms with Crippen molar-refractivity contribution >= 4 is 17.7 Å². The number of nitrogens with one attached hydrogen (secondary N) is 2. The van der Waals surface area contributed by atoms with E-state index in [9.17, 15) is 4.79 Å². The highest BCUT2D eigenvalue weighted by atomic mass is 16.7. The third-order valence-electron chi connectivity index (χ3n) is 4.66. The van der Waals surface area contributed by atoms with Crippen LogP contribution in [0.15, 0.2) is 60.2 Å². The molecule has 1 atom stereocenters. The number of rotatable bonds is 3. The van der Waals surface area contributed by atoms with Gasteiger partial charge < -0.3 is 20.1 Å². The lowest BCUT2D eigenvalue weighted by molar-refractivity contribution is -0.113. The van der Waals surface area contributed by atoms with E-state index in [2.05, 4.69) is 25.7 Å². The smallest absolute Gasteiger partial charge is 0.257 e. The van der Waals surface area contributed by atoms with Crippen molar-refractivity contribution in [3.8, 4) is 11.5 Å². The molecule has 28 heavy (non-hydrogen) atoms. The van der Waals surface area contributed by atoms with E-state index >= 15 is 0 Å². The zero-order chi connectivity index (χ0) is 19.1. The van der Waals surface area contributed by atoms with E-state index in [-0.39, 0.29) is 12.7 Å². The van der Waals surface area contributed by atoms with Gasteiger partial charge in [-0.3, -0.25) is 4.79 Å². The number of carbonyl (C=O) groups is 1. The quantitative estimate of drug-likeness (QED) is 0.723. The predicted molar refractivity (Wildman–Crippen MR) is 99.9 cm³/mol. The molecule has 0 aliphatic carbocycles. The molecule has 4 heterocycles. The Morgan fingerprint density at radius 2 is 2.11 bits per heavy atom. The second-order valence-electron chi connectivity index (χ2n) is 6.38. The number of allylic oxidation sites excluding steroid dienone is 1. The summed E-state index contributed by atoms with van der Waals surface area (Å²) in [6, 6.07) is 10.5. The van der Waals surface area contributed by atoms with Crippen molar-refractivity contribution in [2.24, 2.45) is 0 Å². The minimum atomic E-state index is -0.475. The summed E-state index contributed by atoms with van der Waals surface area (Å²) >= 11 is 0. The molecule has 2 aliphatic rings. The van der Waals surface area contributed by atoms with E-state index in [1.54, 1.807) is 23.0 Å². The Bertz CT molecular complexity index is 1090. The normalized spacial score (nSPS) is 17.1. The molecule has 3 aromatic rings. The van der Waals surface area contributed by atoms with Crippen LogP contribution in [-0.2, 0) is 4.79 Å². The van der Waals surface area contributed by atoms with Crippen molar-refractivity contribution in [3.63, 3.8) is 0 Å². The summed E-state index contributed by atoms with van der Waals surface area (Å²) in [4.78, 5) is 21.6. The topological polar surface area (TPSA) is 103 Å². The summed E-state index contributed by atoms with van der Waals surface area (Å²) in [5.41, 5.74) is 2.04. The second kappa shape index (κ2) is 6.38. The minimum Gasteiger partial charge on any atom is -0.454 e. The van der Waals surface area contributed by atoms with Crippen molar-refractivity contribution in [2.75, 3.05) is 17.4 Å². The Hall–Kier alpha value is -3.88. The van der Waals surface area contributed by atoms with Crippen LogP contribution < -0.4 is 20.1 Å². The molecule has 0 unspecified atom stereocenters. The monoisotopic (exact) mass is 376 g/mol. The lowest BCUT2D eigenvalue weighted by Crippen LogP contribution is -2.31. The highest BCUT2D eigenvalue weighted by Gasteiger charge is 2.34. The summed E-state index contributed by atoms with van der Waals surface area (Å²) < 4.78 is 12.6. The number of hydrogen-bond donors (Lipinski definition) is 2. The first kappa shape index (κ1) is 16.3. The molecule has 5 rings (SSSR count). The molecule has 1 amide bonds. The largest absolute Gasteiger partial charge is 0.454 e. The van der Waals surface area contributed by atoms with Crippen molar-refractivity contribution in [2.45, 2.75) is 13.0 Å². The maximum atomic E-state index is 13.2. The van der Waals surface area contributed by atoms with Crippen LogP contribution in [0.5, 0.6) is 11.5 Å². The van der Waals surface area contributed by atoms with E-state index in [4.69, 9.17) is 9.47 Å². The molecule has 0 spiro atoms. The van der Waals surface area contributed by atoms with Crippen LogP contribution in [0.2, 0.25) is 0 Å². The van der Waals surface area contributed by atoms with Crippen LogP contribution >= 0.6 is 0 Å². The molecule has 0 fully saturated rings. The molecular formula is C19H16N6O3. The summed E-state index contributed by atoms with van der Waals surface area (Å²) in [5, 5.41) is 10.3. The van der Waals surface area contributed by atoms with Gasteiger partial charge in [-0.15, -0.1) is 0 Å². The molecule has 140 valence electrons. The highest BCUT2D eigenvalue weighted by molar-refractivity contribution is 6.05. The van der Waals surface area contributed by atoms with Crippen LogP contribution in [0.4, 0.5) is 11.8 Å². The zero-order valence-electron chi connectivity index (χ0n) is 14.9. The fourth-order valence-corrected chi connectivity index (χ4v) is 3.40. The lowest BCUT2D eigenvalue weighted by atomic mass is 9.94. The Balaban J connectivity index is 1.58. The van der Waals surface area contributed by atoms with Gasteiger partial charge in [0.05, 0.1) is 5.57 Å². The van der Waals surface area contributed by atoms with E-state index in [0.717, 1.165) is 5.56 Å². The molecule has 0 bridgehead atoms. The fourth-order valence-electron chi connectivity index (χ4n) is 3.40. The first-order valence-corrected chi connectivity index (χ1v) is 8.70. The number of aromatic nitrogens is 4. The lowest BCUT2D eigenvalue weighted by Gasteiger charge is -2.28. The van der Waals surface area contributed by atoms with Gasteiger partial charge in [0.15, 0.2) is 11.5 Å². The molecule has 0 saturated carbocycles. The van der Waals surface area contributed by atoms with Crippen molar-refractivity contribution in [1.82, 2.24) is 19.7 Å². The van der Waals surface area contributed by atoms with Gasteiger partial charge >= 0.3 is 0 Å². The maximum absolute atomic E-state index is 13.2. The fraction of sp³-hybridized carbons (Fsp3) is 0.158. The van der Waals surface area contributed by atoms with E-state index in [1.807, 2.05) is 31.2 Å². The SMILES string of the molecule is CC1=C(C(=O)Nc2ccccn2)[C@H](c2ccc3c(c2)OCO3)n2ncnc2N1. The van der Waals surface area contributed by atoms with Crippen molar-refractivity contribution < 1.29 is 14.3 Å². The number of anilines is 2. The summed E-state index contributed by atoms with van der Waals surface area (Å²) in [6.07, 6.45) is 3.08. The number of fused-ring (bicyclic) bond motifs is 2. The molecule has 2 N–H and O–H groups in total. The molecule has 1 aromatic carbocycles. The first-order valence-electron chi connectivity index (χ1n) is 8.70. The minimum absolute atomic E-state index is 0.182. The Morgan fingerprint density at radius 1 is 1.21 bits per heavy atom. The van der Waals surface area contributed by atoms with Crippen molar-refractivity contribution in [1.29, 1.82) is 0 Å². The Morgan fingerprint density at radius 3 is 2.96 bits per heavy atom. The van der Waals surface area contributed by atoms with Crippen molar-refractivity contribution in [3.05, 3.63) is 65.8 Å². The van der Waals surface area contributed by atoms with Crippen LogP contribution in [0, 0.1) is 0 Å². The molecule has 2 aliphatic heterocycles. The maximum Gasteiger partial charge on any atom is 0.257 e. The van der Waals surface area contributed by atoms with Crippen LogP contribution in [0.3, 0.4) is 0 Å². The van der Waals surface area contributed by atoms with Crippen LogP contribution in [0.1, 0.15) is 18.5 Å². The molecule has 0 saturated heterocycles. The van der Waals surface area contributed by atoms with Gasteiger partial charge in [0.25, 0.3) is 5.91 Å². The molecular weight excluding hydrogens is 360 g/mol. The van der Waals surface area contributed by atoms with Gasteiger partial charge in [-0.05, 0) is 36.8 Å². The third kappa shape index (κ3) is 2.64. The number of amides is 1. The predicted octanol–water partition coefficient (Wildman–Crippen LogP) is 2.33. The summed E-state index contributed by atoms with van der Waals surface area (Å²) in [5.74, 6) is 2.08. The average molecular weight is 376 g/mol. The van der Waals surface area contributed by atoms with E-state index in [1.165, 1.54) is 6.33 Å². The molecule has 0 radical (unpaired) electrons. The second-order valence-corrected chi connectivity index (χ2v) is 6.38. The number of nitrogens with zero attached hydrogens (tertiary/aromatic N) is 4. The highest BCUT2D eigenvalue weighted by Crippen LogP contribution is 2.40. The zero-order valence-corrected chi connectivity index (χ0v) is 14.9. The number of hydrogen-bond acceptors (Lipinski definition) is 7. The molecule has 2 aromatic heterocycles. The van der Waals surface area contributed by atoms with Gasteiger partial charge in [-0.25, -0.2) is 9.67 Å². The van der Waals surface area contributed by atoms with Gasteiger partial charge in [-0.1, -0.05) is 12.1 Å². The Kier molecular flexibility index (Phi) is 3.71. The van der Waals surface area contributed by atoms with E-state index in [0.29, 0.717) is 34.5 Å². The number of ether oxygens (including phenoxy) is 2. The molecule has 9 heteroatoms. The van der Waals surface area contributed by atoms with Gasteiger partial charge in [0, 0.05) is 11.9 Å². The average Bonchev–Trinajstić information content (AvgIpc) is 3.35. The number of carbonyl (C=O) groups excluding carboxylic acids is 1. The third-order valence-corrected chi connectivity index (χ3v) is 4.66. The number of benzene rings is 1. The summed E-state index contributed by atoms with van der Waals surface area (Å²) in [6.45, 7) is 2.02. The van der Waals surface area contributed by atoms with Crippen LogP contribution in [-0.4, -0.2) is 32.4 Å². The van der Waals surface area contributed by atoms with E-state index < -0.39 is 6.04 Å².